The van der Waals surface area contributed by atoms with Crippen LogP contribution in [-0.2, 0) is 6.42 Å². The highest BCUT2D eigenvalue weighted by molar-refractivity contribution is 9.10. The third kappa shape index (κ3) is 3.09. The topological polar surface area (TPSA) is 60.9 Å². The minimum Gasteiger partial charge on any atom is -0.232 e. The molecule has 164 valence electrons. The van der Waals surface area contributed by atoms with Gasteiger partial charge >= 0.3 is 0 Å². The van der Waals surface area contributed by atoms with Gasteiger partial charge in [-0.2, -0.15) is 14.9 Å². The van der Waals surface area contributed by atoms with Crippen LogP contribution < -0.4 is 0 Å². The average Bonchev–Trinajstić information content (AvgIpc) is 3.57. The van der Waals surface area contributed by atoms with Gasteiger partial charge in [-0.3, -0.25) is 0 Å². The fraction of sp³-hybridized carbons (Fsp3) is 0.0769. The Labute approximate surface area is 208 Å². The molecule has 0 saturated carbocycles. The second-order valence-corrected chi connectivity index (χ2v) is 10.1. The lowest BCUT2D eigenvalue weighted by Gasteiger charge is -2.13. The molecule has 0 atom stereocenters. The summed E-state index contributed by atoms with van der Waals surface area (Å²) in [5.41, 5.74) is 8.73. The maximum atomic E-state index is 5.07. The summed E-state index contributed by atoms with van der Waals surface area (Å²) >= 11 is 5.16. The Morgan fingerprint density at radius 2 is 1.65 bits per heavy atom. The zero-order chi connectivity index (χ0) is 22.6. The van der Waals surface area contributed by atoms with Crippen LogP contribution in [0.1, 0.15) is 16.7 Å². The second-order valence-electron chi connectivity index (χ2n) is 8.22. The molecule has 1 aliphatic heterocycles. The lowest BCUT2D eigenvalue weighted by molar-refractivity contribution is 0.758. The second kappa shape index (κ2) is 7.78. The van der Waals surface area contributed by atoms with Crippen LogP contribution in [0.4, 0.5) is 0 Å². The van der Waals surface area contributed by atoms with E-state index < -0.39 is 0 Å². The molecule has 3 aromatic carbocycles. The first-order valence-electron chi connectivity index (χ1n) is 10.9. The summed E-state index contributed by atoms with van der Waals surface area (Å²) in [6.07, 6.45) is 0.812. The van der Waals surface area contributed by atoms with Gasteiger partial charge in [-0.15, -0.1) is 10.2 Å². The minimum atomic E-state index is 0.676. The molecule has 1 aliphatic carbocycles. The summed E-state index contributed by atoms with van der Waals surface area (Å²) in [4.78, 5) is 0. The zero-order valence-electron chi connectivity index (χ0n) is 17.9. The maximum Gasteiger partial charge on any atom is 0.212 e. The minimum absolute atomic E-state index is 0.676. The van der Waals surface area contributed by atoms with E-state index in [9.17, 15) is 0 Å². The van der Waals surface area contributed by atoms with Crippen molar-refractivity contribution in [1.29, 1.82) is 0 Å². The van der Waals surface area contributed by atoms with Crippen molar-refractivity contribution >= 4 is 33.4 Å². The Morgan fingerprint density at radius 1 is 0.853 bits per heavy atom. The Bertz CT molecular complexity index is 1580. The highest BCUT2D eigenvalue weighted by Gasteiger charge is 2.32. The van der Waals surface area contributed by atoms with Crippen molar-refractivity contribution in [2.24, 2.45) is 5.10 Å². The molecule has 3 heterocycles. The quantitative estimate of drug-likeness (QED) is 0.292. The summed E-state index contributed by atoms with van der Waals surface area (Å²) in [7, 11) is 0. The number of hydrogen-bond acceptors (Lipinski definition) is 5. The number of para-hydroxylation sites is 1. The summed E-state index contributed by atoms with van der Waals surface area (Å²) in [5, 5.41) is 19.8. The first-order chi connectivity index (χ1) is 16.8. The number of fused-ring (bicyclic) bond motifs is 4. The molecule has 2 aliphatic rings. The molecule has 2 aromatic heterocycles. The molecule has 0 unspecified atom stereocenters. The van der Waals surface area contributed by atoms with Crippen LogP contribution in [-0.4, -0.2) is 36.1 Å². The van der Waals surface area contributed by atoms with Gasteiger partial charge in [0.25, 0.3) is 0 Å². The molecule has 0 N–H and O–H groups in total. The van der Waals surface area contributed by atoms with Gasteiger partial charge in [0.2, 0.25) is 11.0 Å². The molecule has 0 amide bonds. The SMILES string of the molecule is Brc1ccc(C2=Nn3c(nnc3-c3nn(-c4ccccc4)c4c3Cc3ccccc3-4)SC2)cc1. The van der Waals surface area contributed by atoms with Gasteiger partial charge in [-0.05, 0) is 35.4 Å². The molecule has 0 bridgehead atoms. The van der Waals surface area contributed by atoms with Crippen LogP contribution >= 0.6 is 27.7 Å². The third-order valence-corrected chi connectivity index (χ3v) is 7.64. The standard InChI is InChI=1S/C26H17BrN6S/c27-18-12-10-16(11-13-18)22-15-34-26-29-28-25(33(26)30-22)23-21-14-17-6-4-5-9-20(17)24(21)32(31-23)19-7-2-1-3-8-19/h1-13H,14-15H2. The van der Waals surface area contributed by atoms with Crippen LogP contribution in [0.25, 0.3) is 28.5 Å². The first kappa shape index (κ1) is 19.9. The number of aromatic nitrogens is 5. The fourth-order valence-electron chi connectivity index (χ4n) is 4.59. The van der Waals surface area contributed by atoms with Gasteiger partial charge in [0.15, 0.2) is 0 Å². The van der Waals surface area contributed by atoms with Crippen LogP contribution in [0.3, 0.4) is 0 Å². The lowest BCUT2D eigenvalue weighted by atomic mass is 10.1. The molecule has 0 saturated heterocycles. The zero-order valence-corrected chi connectivity index (χ0v) is 20.3. The smallest absolute Gasteiger partial charge is 0.212 e. The Kier molecular flexibility index (Phi) is 4.56. The normalized spacial score (nSPS) is 13.9. The van der Waals surface area contributed by atoms with Crippen molar-refractivity contribution in [2.45, 2.75) is 11.6 Å². The lowest BCUT2D eigenvalue weighted by Crippen LogP contribution is -2.14. The number of rotatable bonds is 3. The highest BCUT2D eigenvalue weighted by atomic mass is 79.9. The van der Waals surface area contributed by atoms with Crippen molar-refractivity contribution in [2.75, 3.05) is 5.75 Å². The van der Waals surface area contributed by atoms with E-state index in [2.05, 4.69) is 74.7 Å². The van der Waals surface area contributed by atoms with Crippen LogP contribution in [0.15, 0.2) is 93.6 Å². The van der Waals surface area contributed by atoms with Crippen molar-refractivity contribution in [3.63, 3.8) is 0 Å². The molecule has 8 heteroatoms. The molecule has 6 nitrogen and oxygen atoms in total. The van der Waals surface area contributed by atoms with Gasteiger partial charge in [0.05, 0.1) is 17.1 Å². The number of thioether (sulfide) groups is 1. The number of nitrogens with zero attached hydrogens (tertiary/aromatic N) is 6. The number of hydrogen-bond donors (Lipinski definition) is 0. The average molecular weight is 525 g/mol. The molecule has 5 aromatic rings. The summed E-state index contributed by atoms with van der Waals surface area (Å²) in [6.45, 7) is 0. The molecule has 0 fully saturated rings. The monoisotopic (exact) mass is 524 g/mol. The molecular formula is C26H17BrN6S. The van der Waals surface area contributed by atoms with Crippen molar-refractivity contribution in [1.82, 2.24) is 24.7 Å². The Balaban J connectivity index is 1.41. The molecule has 0 spiro atoms. The summed E-state index contributed by atoms with van der Waals surface area (Å²) in [5.74, 6) is 1.43. The Morgan fingerprint density at radius 3 is 2.50 bits per heavy atom. The highest BCUT2D eigenvalue weighted by Crippen LogP contribution is 2.43. The predicted molar refractivity (Wildman–Crippen MR) is 138 cm³/mol. The van der Waals surface area contributed by atoms with E-state index in [1.54, 1.807) is 11.8 Å². The van der Waals surface area contributed by atoms with E-state index in [0.717, 1.165) is 55.7 Å². The number of benzene rings is 3. The Hall–Kier alpha value is -3.49. The van der Waals surface area contributed by atoms with E-state index in [1.165, 1.54) is 11.1 Å². The van der Waals surface area contributed by atoms with Gasteiger partial charge in [0, 0.05) is 27.8 Å². The molecular weight excluding hydrogens is 508 g/mol. The number of halogens is 1. The molecule has 34 heavy (non-hydrogen) atoms. The molecule has 7 rings (SSSR count). The van der Waals surface area contributed by atoms with Crippen molar-refractivity contribution < 1.29 is 0 Å². The summed E-state index contributed by atoms with van der Waals surface area (Å²) in [6, 6.07) is 27.0. The largest absolute Gasteiger partial charge is 0.232 e. The van der Waals surface area contributed by atoms with Crippen LogP contribution in [0.2, 0.25) is 0 Å². The third-order valence-electron chi connectivity index (χ3n) is 6.18. The van der Waals surface area contributed by atoms with E-state index in [0.29, 0.717) is 5.82 Å². The predicted octanol–water partition coefficient (Wildman–Crippen LogP) is 5.82. The molecule has 0 radical (unpaired) electrons. The first-order valence-corrected chi connectivity index (χ1v) is 12.7. The summed E-state index contributed by atoms with van der Waals surface area (Å²) < 4.78 is 4.94. The van der Waals surface area contributed by atoms with Gasteiger partial charge < -0.3 is 0 Å². The van der Waals surface area contributed by atoms with Crippen molar-refractivity contribution in [3.8, 4) is 28.5 Å². The van der Waals surface area contributed by atoms with Gasteiger partial charge in [0.1, 0.15) is 5.69 Å². The van der Waals surface area contributed by atoms with Crippen molar-refractivity contribution in [3.05, 3.63) is 100 Å². The van der Waals surface area contributed by atoms with Crippen LogP contribution in [0.5, 0.6) is 0 Å². The van der Waals surface area contributed by atoms with Crippen LogP contribution in [0, 0.1) is 0 Å². The van der Waals surface area contributed by atoms with E-state index >= 15 is 0 Å². The van der Waals surface area contributed by atoms with E-state index in [-0.39, 0.29) is 0 Å². The van der Waals surface area contributed by atoms with E-state index in [1.807, 2.05) is 39.7 Å². The van der Waals surface area contributed by atoms with E-state index in [4.69, 9.17) is 10.2 Å². The van der Waals surface area contributed by atoms with Gasteiger partial charge in [-0.1, -0.05) is 82.3 Å². The maximum absolute atomic E-state index is 5.07. The fourth-order valence-corrected chi connectivity index (χ4v) is 5.69. The van der Waals surface area contributed by atoms with Gasteiger partial charge in [-0.25, -0.2) is 4.68 Å².